The van der Waals surface area contributed by atoms with E-state index in [1.165, 1.54) is 6.33 Å². The van der Waals surface area contributed by atoms with Crippen molar-refractivity contribution in [3.63, 3.8) is 0 Å². The van der Waals surface area contributed by atoms with Crippen LogP contribution in [0.4, 0.5) is 5.82 Å². The first-order valence-electron chi connectivity index (χ1n) is 4.28. The molecule has 1 N–H and O–H groups in total. The quantitative estimate of drug-likeness (QED) is 0.835. The van der Waals surface area contributed by atoms with Crippen LogP contribution in [0.2, 0.25) is 0 Å². The molecule has 0 aromatic carbocycles. The second-order valence-corrected chi connectivity index (χ2v) is 3.76. The summed E-state index contributed by atoms with van der Waals surface area (Å²) in [6.07, 6.45) is 5.04. The summed E-state index contributed by atoms with van der Waals surface area (Å²) < 4.78 is 0. The normalized spacial score (nSPS) is 12.4. The molecular formula is C9H10N4S. The third-order valence-electron chi connectivity index (χ3n) is 1.77. The zero-order valence-electron chi connectivity index (χ0n) is 7.71. The van der Waals surface area contributed by atoms with E-state index in [0.29, 0.717) is 0 Å². The van der Waals surface area contributed by atoms with E-state index in [9.17, 15) is 0 Å². The van der Waals surface area contributed by atoms with Crippen LogP contribution >= 0.6 is 11.3 Å². The van der Waals surface area contributed by atoms with E-state index in [4.69, 9.17) is 0 Å². The first-order valence-corrected chi connectivity index (χ1v) is 5.16. The standard InChI is InChI=1S/C9H10N4S/c1-7(9-11-4-5-14-9)13-8-2-3-10-6-12-8/h2-7H,1H3,(H,10,12,13). The zero-order chi connectivity index (χ0) is 9.80. The summed E-state index contributed by atoms with van der Waals surface area (Å²) in [7, 11) is 0. The van der Waals surface area contributed by atoms with Crippen LogP contribution in [-0.2, 0) is 0 Å². The number of aromatic nitrogens is 3. The number of anilines is 1. The third-order valence-corrected chi connectivity index (χ3v) is 2.73. The average Bonchev–Trinajstić information content (AvgIpc) is 2.72. The van der Waals surface area contributed by atoms with E-state index in [2.05, 4.69) is 27.2 Å². The van der Waals surface area contributed by atoms with Crippen molar-refractivity contribution >= 4 is 17.2 Å². The molecule has 72 valence electrons. The molecule has 0 aliphatic heterocycles. The summed E-state index contributed by atoms with van der Waals surface area (Å²) in [5.41, 5.74) is 0. The molecule has 2 aromatic rings. The number of rotatable bonds is 3. The molecule has 2 heterocycles. The van der Waals surface area contributed by atoms with Crippen molar-refractivity contribution < 1.29 is 0 Å². The van der Waals surface area contributed by atoms with Crippen LogP contribution < -0.4 is 5.32 Å². The molecule has 2 rings (SSSR count). The highest BCUT2D eigenvalue weighted by atomic mass is 32.1. The lowest BCUT2D eigenvalue weighted by molar-refractivity contribution is 0.858. The fraction of sp³-hybridized carbons (Fsp3) is 0.222. The van der Waals surface area contributed by atoms with Gasteiger partial charge >= 0.3 is 0 Å². The zero-order valence-corrected chi connectivity index (χ0v) is 8.53. The average molecular weight is 206 g/mol. The molecule has 1 atom stereocenters. The first kappa shape index (κ1) is 9.08. The lowest BCUT2D eigenvalue weighted by atomic mass is 10.3. The van der Waals surface area contributed by atoms with E-state index < -0.39 is 0 Å². The fourth-order valence-corrected chi connectivity index (χ4v) is 1.75. The van der Waals surface area contributed by atoms with Gasteiger partial charge in [-0.25, -0.2) is 15.0 Å². The molecule has 0 aliphatic carbocycles. The molecule has 0 saturated carbocycles. The lowest BCUT2D eigenvalue weighted by Crippen LogP contribution is -2.07. The van der Waals surface area contributed by atoms with Gasteiger partial charge in [0.1, 0.15) is 17.2 Å². The molecule has 5 heteroatoms. The van der Waals surface area contributed by atoms with Crippen LogP contribution in [0, 0.1) is 0 Å². The monoisotopic (exact) mass is 206 g/mol. The van der Waals surface area contributed by atoms with Gasteiger partial charge in [0.15, 0.2) is 0 Å². The number of nitrogens with one attached hydrogen (secondary N) is 1. The Labute approximate surface area is 86.1 Å². The smallest absolute Gasteiger partial charge is 0.129 e. The SMILES string of the molecule is CC(Nc1ccncn1)c1nccs1. The van der Waals surface area contributed by atoms with Gasteiger partial charge in [-0.2, -0.15) is 0 Å². The molecule has 0 radical (unpaired) electrons. The molecule has 0 saturated heterocycles. The van der Waals surface area contributed by atoms with Gasteiger partial charge in [-0.05, 0) is 13.0 Å². The van der Waals surface area contributed by atoms with Gasteiger partial charge in [-0.3, -0.25) is 0 Å². The Kier molecular flexibility index (Phi) is 2.69. The van der Waals surface area contributed by atoms with E-state index in [-0.39, 0.29) is 6.04 Å². The fourth-order valence-electron chi connectivity index (χ4n) is 1.11. The molecule has 4 nitrogen and oxygen atoms in total. The Morgan fingerprint density at radius 3 is 2.93 bits per heavy atom. The molecule has 0 spiro atoms. The van der Waals surface area contributed by atoms with Crippen LogP contribution in [0.15, 0.2) is 30.2 Å². The molecule has 14 heavy (non-hydrogen) atoms. The second kappa shape index (κ2) is 4.15. The van der Waals surface area contributed by atoms with Crippen LogP contribution in [0.25, 0.3) is 0 Å². The molecule has 1 unspecified atom stereocenters. The van der Waals surface area contributed by atoms with Gasteiger partial charge < -0.3 is 5.32 Å². The van der Waals surface area contributed by atoms with Crippen molar-refractivity contribution in [2.24, 2.45) is 0 Å². The summed E-state index contributed by atoms with van der Waals surface area (Å²) in [6.45, 7) is 2.06. The molecule has 0 aliphatic rings. The predicted octanol–water partition coefficient (Wildman–Crippen LogP) is 2.11. The van der Waals surface area contributed by atoms with Crippen molar-refractivity contribution in [3.8, 4) is 0 Å². The summed E-state index contributed by atoms with van der Waals surface area (Å²) in [5, 5.41) is 6.27. The van der Waals surface area contributed by atoms with Crippen molar-refractivity contribution in [1.82, 2.24) is 15.0 Å². The molecule has 2 aromatic heterocycles. The maximum atomic E-state index is 4.22. The van der Waals surface area contributed by atoms with Crippen LogP contribution in [0.5, 0.6) is 0 Å². The minimum absolute atomic E-state index is 0.185. The Hall–Kier alpha value is -1.49. The van der Waals surface area contributed by atoms with Crippen LogP contribution in [0.3, 0.4) is 0 Å². The minimum atomic E-state index is 0.185. The van der Waals surface area contributed by atoms with Crippen LogP contribution in [-0.4, -0.2) is 15.0 Å². The van der Waals surface area contributed by atoms with Crippen molar-refractivity contribution in [2.75, 3.05) is 5.32 Å². The lowest BCUT2D eigenvalue weighted by Gasteiger charge is -2.10. The maximum Gasteiger partial charge on any atom is 0.129 e. The van der Waals surface area contributed by atoms with E-state index in [0.717, 1.165) is 10.8 Å². The van der Waals surface area contributed by atoms with Gasteiger partial charge in [-0.15, -0.1) is 11.3 Å². The Balaban J connectivity index is 2.06. The highest BCUT2D eigenvalue weighted by Crippen LogP contribution is 2.18. The third kappa shape index (κ3) is 2.05. The Bertz CT molecular complexity index is 373. The van der Waals surface area contributed by atoms with E-state index >= 15 is 0 Å². The minimum Gasteiger partial charge on any atom is -0.361 e. The van der Waals surface area contributed by atoms with Crippen LogP contribution in [0.1, 0.15) is 18.0 Å². The number of thiazole rings is 1. The van der Waals surface area contributed by atoms with Crippen molar-refractivity contribution in [3.05, 3.63) is 35.2 Å². The van der Waals surface area contributed by atoms with Crippen molar-refractivity contribution in [2.45, 2.75) is 13.0 Å². The first-order chi connectivity index (χ1) is 6.86. The second-order valence-electron chi connectivity index (χ2n) is 2.83. The number of hydrogen-bond donors (Lipinski definition) is 1. The van der Waals surface area contributed by atoms with Gasteiger partial charge in [-0.1, -0.05) is 0 Å². The highest BCUT2D eigenvalue weighted by Gasteiger charge is 2.07. The Morgan fingerprint density at radius 1 is 1.36 bits per heavy atom. The summed E-state index contributed by atoms with van der Waals surface area (Å²) in [6, 6.07) is 2.02. The summed E-state index contributed by atoms with van der Waals surface area (Å²) in [5.74, 6) is 0.822. The topological polar surface area (TPSA) is 50.7 Å². The Morgan fingerprint density at radius 2 is 2.29 bits per heavy atom. The number of hydrogen-bond acceptors (Lipinski definition) is 5. The van der Waals surface area contributed by atoms with E-state index in [1.807, 2.05) is 11.4 Å². The molecule has 0 amide bonds. The molecule has 0 bridgehead atoms. The van der Waals surface area contributed by atoms with Gasteiger partial charge in [0.25, 0.3) is 0 Å². The molecular weight excluding hydrogens is 196 g/mol. The highest BCUT2D eigenvalue weighted by molar-refractivity contribution is 7.09. The summed E-state index contributed by atoms with van der Waals surface area (Å²) >= 11 is 1.63. The maximum absolute atomic E-state index is 4.22. The predicted molar refractivity (Wildman–Crippen MR) is 56.2 cm³/mol. The largest absolute Gasteiger partial charge is 0.361 e. The van der Waals surface area contributed by atoms with Crippen molar-refractivity contribution in [1.29, 1.82) is 0 Å². The summed E-state index contributed by atoms with van der Waals surface area (Å²) in [4.78, 5) is 12.2. The molecule has 0 fully saturated rings. The van der Waals surface area contributed by atoms with Gasteiger partial charge in [0.2, 0.25) is 0 Å². The number of nitrogens with zero attached hydrogens (tertiary/aromatic N) is 3. The van der Waals surface area contributed by atoms with Gasteiger partial charge in [0.05, 0.1) is 6.04 Å². The van der Waals surface area contributed by atoms with Gasteiger partial charge in [0, 0.05) is 17.8 Å². The van der Waals surface area contributed by atoms with E-state index in [1.54, 1.807) is 23.7 Å².